The normalized spacial score (nSPS) is 20.6. The van der Waals surface area contributed by atoms with Crippen molar-refractivity contribution in [3.8, 4) is 0 Å². The Hall–Kier alpha value is -2.37. The van der Waals surface area contributed by atoms with Gasteiger partial charge < -0.3 is 10.2 Å². The first-order valence-corrected chi connectivity index (χ1v) is 9.56. The van der Waals surface area contributed by atoms with Crippen LogP contribution in [0, 0.1) is 5.82 Å². The topological polar surface area (TPSA) is 61.0 Å². The summed E-state index contributed by atoms with van der Waals surface area (Å²) in [6.45, 7) is 2.33. The van der Waals surface area contributed by atoms with Crippen LogP contribution < -0.4 is 15.8 Å². The third kappa shape index (κ3) is 2.35. The van der Waals surface area contributed by atoms with Crippen LogP contribution in [0.15, 0.2) is 23.0 Å². The number of rotatable bonds is 1. The molecule has 3 heterocycles. The molecule has 2 aliphatic heterocycles. The van der Waals surface area contributed by atoms with Crippen molar-refractivity contribution in [2.24, 2.45) is 0 Å². The van der Waals surface area contributed by atoms with Gasteiger partial charge in [0.15, 0.2) is 0 Å². The average Bonchev–Trinajstić information content (AvgIpc) is 3.02. The first-order valence-electron chi connectivity index (χ1n) is 9.56. The SMILES string of the molecule is O=c1[nH]c(N2CCC3(CC2)CNc2cccc(F)c23)nc2c1CCCC2. The molecule has 1 saturated heterocycles. The van der Waals surface area contributed by atoms with E-state index in [2.05, 4.69) is 15.2 Å². The molecule has 0 radical (unpaired) electrons. The molecule has 0 unspecified atom stereocenters. The number of piperidine rings is 1. The van der Waals surface area contributed by atoms with E-state index in [1.54, 1.807) is 12.1 Å². The quantitative estimate of drug-likeness (QED) is 0.827. The van der Waals surface area contributed by atoms with Gasteiger partial charge in [0.2, 0.25) is 5.95 Å². The van der Waals surface area contributed by atoms with Crippen molar-refractivity contribution in [2.75, 3.05) is 29.9 Å². The molecule has 1 aliphatic carbocycles. The molecular weight excluding hydrogens is 331 g/mol. The Labute approximate surface area is 151 Å². The van der Waals surface area contributed by atoms with Gasteiger partial charge in [0.1, 0.15) is 5.82 Å². The lowest BCUT2D eigenvalue weighted by Crippen LogP contribution is -2.45. The maximum atomic E-state index is 14.5. The van der Waals surface area contributed by atoms with E-state index in [1.165, 1.54) is 0 Å². The van der Waals surface area contributed by atoms with E-state index in [4.69, 9.17) is 4.98 Å². The van der Waals surface area contributed by atoms with Crippen LogP contribution in [0.4, 0.5) is 16.0 Å². The molecule has 0 atom stereocenters. The number of halogens is 1. The second-order valence-electron chi connectivity index (χ2n) is 7.81. The highest BCUT2D eigenvalue weighted by Gasteiger charge is 2.43. The highest BCUT2D eigenvalue weighted by Crippen LogP contribution is 2.45. The number of hydrogen-bond donors (Lipinski definition) is 2. The maximum Gasteiger partial charge on any atom is 0.255 e. The molecule has 26 heavy (non-hydrogen) atoms. The standard InChI is InChI=1S/C20H23FN4O/c21-14-5-3-7-16-17(14)20(12-22-16)8-10-25(11-9-20)19-23-15-6-2-1-4-13(15)18(26)24-19/h3,5,7,22H,1-2,4,6,8-12H2,(H,23,24,26). The van der Waals surface area contributed by atoms with Crippen LogP contribution in [0.2, 0.25) is 0 Å². The molecule has 5 rings (SSSR count). The Balaban J connectivity index is 1.41. The maximum absolute atomic E-state index is 14.5. The van der Waals surface area contributed by atoms with Crippen molar-refractivity contribution >= 4 is 11.6 Å². The summed E-state index contributed by atoms with van der Waals surface area (Å²) in [6.07, 6.45) is 5.62. The second-order valence-corrected chi connectivity index (χ2v) is 7.81. The van der Waals surface area contributed by atoms with Gasteiger partial charge in [0.05, 0.1) is 5.69 Å². The highest BCUT2D eigenvalue weighted by atomic mass is 19.1. The monoisotopic (exact) mass is 354 g/mol. The minimum absolute atomic E-state index is 0.0175. The Morgan fingerprint density at radius 3 is 2.81 bits per heavy atom. The van der Waals surface area contributed by atoms with Crippen molar-refractivity contribution in [1.29, 1.82) is 0 Å². The summed E-state index contributed by atoms with van der Waals surface area (Å²) in [5.74, 6) is 0.575. The molecule has 1 fully saturated rings. The molecule has 1 spiro atoms. The van der Waals surface area contributed by atoms with Gasteiger partial charge in [0, 0.05) is 41.9 Å². The zero-order valence-corrected chi connectivity index (χ0v) is 14.8. The van der Waals surface area contributed by atoms with Crippen molar-refractivity contribution in [2.45, 2.75) is 43.9 Å². The van der Waals surface area contributed by atoms with Crippen LogP contribution in [-0.4, -0.2) is 29.6 Å². The van der Waals surface area contributed by atoms with Crippen LogP contribution in [0.1, 0.15) is 42.5 Å². The van der Waals surface area contributed by atoms with Gasteiger partial charge in [-0.2, -0.15) is 0 Å². The first-order chi connectivity index (χ1) is 12.7. The molecule has 1 aromatic carbocycles. The van der Waals surface area contributed by atoms with Crippen LogP contribution in [0.25, 0.3) is 0 Å². The van der Waals surface area contributed by atoms with E-state index in [1.807, 2.05) is 6.07 Å². The van der Waals surface area contributed by atoms with Crippen molar-refractivity contribution in [3.05, 3.63) is 51.2 Å². The number of hydrogen-bond acceptors (Lipinski definition) is 4. The Morgan fingerprint density at radius 1 is 1.15 bits per heavy atom. The first kappa shape index (κ1) is 15.9. The number of benzene rings is 1. The van der Waals surface area contributed by atoms with Crippen molar-refractivity contribution in [1.82, 2.24) is 9.97 Å². The van der Waals surface area contributed by atoms with Gasteiger partial charge in [-0.05, 0) is 50.7 Å². The van der Waals surface area contributed by atoms with Gasteiger partial charge in [-0.1, -0.05) is 6.07 Å². The Kier molecular flexibility index (Phi) is 3.55. The molecule has 2 aromatic rings. The van der Waals surface area contributed by atoms with E-state index in [9.17, 15) is 9.18 Å². The number of aromatic nitrogens is 2. The van der Waals surface area contributed by atoms with E-state index >= 15 is 0 Å². The fourth-order valence-electron chi connectivity index (χ4n) is 4.88. The number of nitrogens with one attached hydrogen (secondary N) is 2. The number of fused-ring (bicyclic) bond motifs is 3. The second kappa shape index (κ2) is 5.83. The Bertz CT molecular complexity index is 915. The van der Waals surface area contributed by atoms with Crippen molar-refractivity contribution < 1.29 is 4.39 Å². The van der Waals surface area contributed by atoms with Crippen LogP contribution in [0.3, 0.4) is 0 Å². The zero-order chi connectivity index (χ0) is 17.7. The zero-order valence-electron chi connectivity index (χ0n) is 14.8. The summed E-state index contributed by atoms with van der Waals surface area (Å²) in [5, 5.41) is 3.37. The molecule has 3 aliphatic rings. The van der Waals surface area contributed by atoms with Gasteiger partial charge in [0.25, 0.3) is 5.56 Å². The van der Waals surface area contributed by atoms with Gasteiger partial charge in [-0.25, -0.2) is 9.37 Å². The van der Waals surface area contributed by atoms with Crippen LogP contribution in [0.5, 0.6) is 0 Å². The Morgan fingerprint density at radius 2 is 1.96 bits per heavy atom. The number of anilines is 2. The lowest BCUT2D eigenvalue weighted by atomic mass is 9.74. The predicted molar refractivity (Wildman–Crippen MR) is 99.5 cm³/mol. The molecule has 0 amide bonds. The van der Waals surface area contributed by atoms with Crippen molar-refractivity contribution in [3.63, 3.8) is 0 Å². The third-order valence-corrected chi connectivity index (χ3v) is 6.36. The minimum Gasteiger partial charge on any atom is -0.384 e. The van der Waals surface area contributed by atoms with E-state index in [-0.39, 0.29) is 16.8 Å². The third-order valence-electron chi connectivity index (χ3n) is 6.36. The van der Waals surface area contributed by atoms with Crippen LogP contribution in [-0.2, 0) is 18.3 Å². The fraction of sp³-hybridized carbons (Fsp3) is 0.500. The molecule has 6 heteroatoms. The molecule has 5 nitrogen and oxygen atoms in total. The lowest BCUT2D eigenvalue weighted by Gasteiger charge is -2.39. The van der Waals surface area contributed by atoms with E-state index in [0.717, 1.165) is 80.7 Å². The van der Waals surface area contributed by atoms with E-state index in [0.29, 0.717) is 5.95 Å². The van der Waals surface area contributed by atoms with E-state index < -0.39 is 0 Å². The molecule has 0 bridgehead atoms. The predicted octanol–water partition coefficient (Wildman–Crippen LogP) is 2.75. The molecule has 1 aromatic heterocycles. The van der Waals surface area contributed by atoms with Gasteiger partial charge >= 0.3 is 0 Å². The summed E-state index contributed by atoms with van der Waals surface area (Å²) in [5.41, 5.74) is 3.47. The summed E-state index contributed by atoms with van der Waals surface area (Å²) < 4.78 is 14.5. The smallest absolute Gasteiger partial charge is 0.255 e. The summed E-state index contributed by atoms with van der Waals surface area (Å²) in [4.78, 5) is 22.3. The highest BCUT2D eigenvalue weighted by molar-refractivity contribution is 5.61. The molecule has 136 valence electrons. The fourth-order valence-corrected chi connectivity index (χ4v) is 4.88. The summed E-state index contributed by atoms with van der Waals surface area (Å²) in [6, 6.07) is 5.28. The number of aromatic amines is 1. The van der Waals surface area contributed by atoms with Gasteiger partial charge in [-0.3, -0.25) is 9.78 Å². The molecular formula is C20H23FN4O. The van der Waals surface area contributed by atoms with Gasteiger partial charge in [-0.15, -0.1) is 0 Å². The molecule has 0 saturated carbocycles. The van der Waals surface area contributed by atoms with Crippen LogP contribution >= 0.6 is 0 Å². The number of aryl methyl sites for hydroxylation is 1. The molecule has 2 N–H and O–H groups in total. The number of H-pyrrole nitrogens is 1. The lowest BCUT2D eigenvalue weighted by molar-refractivity contribution is 0.348. The summed E-state index contributed by atoms with van der Waals surface area (Å²) in [7, 11) is 0. The average molecular weight is 354 g/mol. The summed E-state index contributed by atoms with van der Waals surface area (Å²) >= 11 is 0. The minimum atomic E-state index is -0.147. The number of nitrogens with zero attached hydrogens (tertiary/aromatic N) is 2. The largest absolute Gasteiger partial charge is 0.384 e.